The maximum atomic E-state index is 12.2. The summed E-state index contributed by atoms with van der Waals surface area (Å²) >= 11 is 10.2. The molecule has 0 aliphatic rings. The summed E-state index contributed by atoms with van der Waals surface area (Å²) in [5, 5.41) is -5.10. The molecular weight excluding hydrogens is 585 g/mol. The highest BCUT2D eigenvalue weighted by Crippen LogP contribution is 2.47. The van der Waals surface area contributed by atoms with Crippen LogP contribution in [0.3, 0.4) is 0 Å². The summed E-state index contributed by atoms with van der Waals surface area (Å²) in [6.07, 6.45) is 0. The van der Waals surface area contributed by atoms with Gasteiger partial charge in [-0.15, -0.1) is 9.24 Å². The number of hydrogen-bond donors (Lipinski definition) is 1. The van der Waals surface area contributed by atoms with Gasteiger partial charge in [0.2, 0.25) is 0 Å². The summed E-state index contributed by atoms with van der Waals surface area (Å²) in [4.78, 5) is 0. The first-order valence-corrected chi connectivity index (χ1v) is 9.76. The van der Waals surface area contributed by atoms with Crippen LogP contribution in [0.5, 0.6) is 0 Å². The van der Waals surface area contributed by atoms with Crippen molar-refractivity contribution in [2.24, 2.45) is 0 Å². The molecule has 1 rings (SSSR count). The van der Waals surface area contributed by atoms with Gasteiger partial charge in [-0.3, -0.25) is 4.55 Å². The minimum absolute atomic E-state index is 0.591. The predicted molar refractivity (Wildman–Crippen MR) is 90.9 cm³/mol. The molecule has 1 unspecified atom stereocenters. The van der Waals surface area contributed by atoms with E-state index in [0.29, 0.717) is 0 Å². The minimum Gasteiger partial charge on any atom is -0.281 e. The van der Waals surface area contributed by atoms with Gasteiger partial charge in [-0.25, -0.2) is 0 Å². The molecule has 0 spiro atoms. The first-order chi connectivity index (χ1) is 10.4. The van der Waals surface area contributed by atoms with Crippen molar-refractivity contribution in [3.05, 3.63) is 25.6 Å². The monoisotopic (exact) mass is 590 g/mol. The highest BCUT2D eigenvalue weighted by atomic mass is 79.9. The van der Waals surface area contributed by atoms with E-state index in [2.05, 4.69) is 57.0 Å². The van der Waals surface area contributed by atoms with Gasteiger partial charge < -0.3 is 0 Å². The zero-order chi connectivity index (χ0) is 19.7. The molecule has 0 aliphatic carbocycles. The summed E-state index contributed by atoms with van der Waals surface area (Å²) in [5.41, 5.74) is 0. The SMILES string of the molecule is CC(F)(F)C(F)(F)C(F)(F)S(=O)(=O)O.Pc1c(Br)cc(Br)cc1Br. The van der Waals surface area contributed by atoms with Crippen LogP contribution in [0, 0.1) is 0 Å². The Morgan fingerprint density at radius 1 is 1.00 bits per heavy atom. The van der Waals surface area contributed by atoms with E-state index < -0.39 is 34.1 Å². The normalized spacial score (nSPS) is 13.3. The van der Waals surface area contributed by atoms with Crippen molar-refractivity contribution in [2.75, 3.05) is 0 Å². The molecule has 1 N–H and O–H groups in total. The number of halogens is 9. The smallest absolute Gasteiger partial charge is 0.281 e. The largest absolute Gasteiger partial charge is 0.437 e. The van der Waals surface area contributed by atoms with Crippen LogP contribution in [0.4, 0.5) is 26.3 Å². The zero-order valence-corrected chi connectivity index (χ0v) is 18.0. The Kier molecular flexibility index (Phi) is 8.27. The molecule has 14 heteroatoms. The van der Waals surface area contributed by atoms with Gasteiger partial charge in [-0.05, 0) is 17.4 Å². The van der Waals surface area contributed by atoms with Gasteiger partial charge in [0.05, 0.1) is 0 Å². The highest BCUT2D eigenvalue weighted by Gasteiger charge is 2.75. The fourth-order valence-electron chi connectivity index (χ4n) is 0.971. The molecule has 1 atom stereocenters. The first-order valence-electron chi connectivity index (χ1n) is 5.36. The summed E-state index contributed by atoms with van der Waals surface area (Å²) < 4.78 is 103. The lowest BCUT2D eigenvalue weighted by molar-refractivity contribution is -0.273. The fraction of sp³-hybridized carbons (Fsp3) is 0.400. The van der Waals surface area contributed by atoms with Crippen molar-refractivity contribution in [1.82, 2.24) is 0 Å². The van der Waals surface area contributed by atoms with E-state index in [-0.39, 0.29) is 0 Å². The summed E-state index contributed by atoms with van der Waals surface area (Å²) in [5.74, 6) is -11.5. The molecule has 0 saturated heterocycles. The van der Waals surface area contributed by atoms with Gasteiger partial charge in [-0.2, -0.15) is 34.8 Å². The summed E-state index contributed by atoms with van der Waals surface area (Å²) in [6, 6.07) is 4.01. The molecule has 0 bridgehead atoms. The summed E-state index contributed by atoms with van der Waals surface area (Å²) in [6.45, 7) is -0.591. The van der Waals surface area contributed by atoms with Crippen LogP contribution >= 0.6 is 57.0 Å². The van der Waals surface area contributed by atoms with Gasteiger partial charge in [0.15, 0.2) is 0 Å². The van der Waals surface area contributed by atoms with Gasteiger partial charge in [0, 0.05) is 20.3 Å². The molecule has 140 valence electrons. The lowest BCUT2D eigenvalue weighted by atomic mass is 10.2. The van der Waals surface area contributed by atoms with Crippen molar-refractivity contribution in [1.29, 1.82) is 0 Å². The Labute approximate surface area is 160 Å². The average Bonchev–Trinajstić information content (AvgIpc) is 2.33. The van der Waals surface area contributed by atoms with E-state index in [4.69, 9.17) is 4.55 Å². The van der Waals surface area contributed by atoms with E-state index in [1.165, 1.54) is 0 Å². The van der Waals surface area contributed by atoms with Crippen molar-refractivity contribution in [3.8, 4) is 0 Å². The molecule has 0 saturated carbocycles. The number of rotatable bonds is 3. The third-order valence-corrected chi connectivity index (χ3v) is 6.43. The van der Waals surface area contributed by atoms with Crippen molar-refractivity contribution in [2.45, 2.75) is 24.0 Å². The third kappa shape index (κ3) is 5.54. The molecule has 0 aliphatic heterocycles. The molecule has 24 heavy (non-hydrogen) atoms. The van der Waals surface area contributed by atoms with E-state index in [0.717, 1.165) is 18.7 Å². The van der Waals surface area contributed by atoms with Gasteiger partial charge in [-0.1, -0.05) is 47.8 Å². The lowest BCUT2D eigenvalue weighted by Gasteiger charge is -2.28. The van der Waals surface area contributed by atoms with Crippen LogP contribution in [-0.2, 0) is 10.1 Å². The second kappa shape index (κ2) is 8.08. The van der Waals surface area contributed by atoms with Crippen LogP contribution in [0.2, 0.25) is 0 Å². The van der Waals surface area contributed by atoms with Crippen LogP contribution in [0.1, 0.15) is 6.92 Å². The average molecular weight is 593 g/mol. The van der Waals surface area contributed by atoms with Crippen LogP contribution in [0.25, 0.3) is 0 Å². The van der Waals surface area contributed by atoms with Crippen molar-refractivity contribution < 1.29 is 39.3 Å². The van der Waals surface area contributed by atoms with E-state index in [1.54, 1.807) is 0 Å². The molecule has 1 aromatic rings. The van der Waals surface area contributed by atoms with Crippen LogP contribution < -0.4 is 5.30 Å². The second-order valence-corrected chi connectivity index (χ2v) is 8.90. The Bertz CT molecular complexity index is 685. The zero-order valence-electron chi connectivity index (χ0n) is 11.3. The Morgan fingerprint density at radius 3 is 1.54 bits per heavy atom. The van der Waals surface area contributed by atoms with Crippen molar-refractivity contribution >= 4 is 72.5 Å². The van der Waals surface area contributed by atoms with Gasteiger partial charge in [0.25, 0.3) is 0 Å². The number of benzene rings is 1. The third-order valence-electron chi connectivity index (χ3n) is 2.28. The molecular formula is C10H8Br3F6O3PS. The molecule has 1 aromatic carbocycles. The number of alkyl halides is 6. The predicted octanol–water partition coefficient (Wildman–Crippen LogP) is 5.23. The molecule has 0 amide bonds. The van der Waals surface area contributed by atoms with E-state index >= 15 is 0 Å². The molecule has 3 nitrogen and oxygen atoms in total. The maximum absolute atomic E-state index is 12.2. The topological polar surface area (TPSA) is 54.4 Å². The second-order valence-electron chi connectivity index (χ2n) is 4.24. The van der Waals surface area contributed by atoms with Gasteiger partial charge in [0.1, 0.15) is 0 Å². The van der Waals surface area contributed by atoms with Crippen LogP contribution in [0.15, 0.2) is 25.6 Å². The quantitative estimate of drug-likeness (QED) is 0.297. The standard InChI is InChI=1S/C6H4Br3P.C4H4F6O3S/c7-3-1-4(8)6(10)5(9)2-3;1-2(5,6)3(7,8)4(9,10)14(11,12)13/h1-2H,10H2;1H3,(H,11,12,13). The summed E-state index contributed by atoms with van der Waals surface area (Å²) in [7, 11) is -3.95. The van der Waals surface area contributed by atoms with Crippen LogP contribution in [-0.4, -0.2) is 30.1 Å². The molecule has 0 radical (unpaired) electrons. The van der Waals surface area contributed by atoms with Gasteiger partial charge >= 0.3 is 27.2 Å². The highest BCUT2D eigenvalue weighted by molar-refractivity contribution is 9.11. The Morgan fingerprint density at radius 2 is 1.33 bits per heavy atom. The molecule has 0 heterocycles. The van der Waals surface area contributed by atoms with Crippen molar-refractivity contribution in [3.63, 3.8) is 0 Å². The fourth-order valence-corrected chi connectivity index (χ4v) is 3.90. The maximum Gasteiger partial charge on any atom is 0.437 e. The molecule has 0 aromatic heterocycles. The molecule has 0 fully saturated rings. The first kappa shape index (κ1) is 24.6. The number of hydrogen-bond acceptors (Lipinski definition) is 2. The Balaban J connectivity index is 0.000000463. The lowest BCUT2D eigenvalue weighted by Crippen LogP contribution is -2.56. The Hall–Kier alpha value is 0.580. The van der Waals surface area contributed by atoms with E-state index in [1.807, 2.05) is 12.1 Å². The minimum atomic E-state index is -6.61. The van der Waals surface area contributed by atoms with E-state index in [9.17, 15) is 34.8 Å².